The van der Waals surface area contributed by atoms with Crippen molar-refractivity contribution in [3.63, 3.8) is 0 Å². The van der Waals surface area contributed by atoms with Crippen molar-refractivity contribution in [1.82, 2.24) is 0 Å². The summed E-state index contributed by atoms with van der Waals surface area (Å²) in [6, 6.07) is 16.7. The fourth-order valence-corrected chi connectivity index (χ4v) is 3.37. The molecule has 3 rings (SSSR count). The van der Waals surface area contributed by atoms with Gasteiger partial charge in [0.2, 0.25) is 0 Å². The second kappa shape index (κ2) is 10.0. The van der Waals surface area contributed by atoms with Crippen LogP contribution in [-0.4, -0.2) is 19.1 Å². The molecule has 0 atom stereocenters. The molecule has 0 aromatic heterocycles. The summed E-state index contributed by atoms with van der Waals surface area (Å²) in [7, 11) is 0. The van der Waals surface area contributed by atoms with Gasteiger partial charge >= 0.3 is 0 Å². The zero-order chi connectivity index (χ0) is 22.4. The van der Waals surface area contributed by atoms with Gasteiger partial charge in [-0.15, -0.1) is 0 Å². The highest BCUT2D eigenvalue weighted by molar-refractivity contribution is 6.31. The number of carbonyl (C=O) groups excluding carboxylic acids is 1. The summed E-state index contributed by atoms with van der Waals surface area (Å²) in [6.45, 7) is 6.64. The van der Waals surface area contributed by atoms with Crippen molar-refractivity contribution >= 4 is 40.0 Å². The summed E-state index contributed by atoms with van der Waals surface area (Å²) in [5.74, 6) is 0.771. The van der Waals surface area contributed by atoms with E-state index in [0.29, 0.717) is 41.0 Å². The van der Waals surface area contributed by atoms with Gasteiger partial charge in [-0.05, 0) is 73.5 Å². The molecular weight excluding hydrogens is 412 g/mol. The van der Waals surface area contributed by atoms with Crippen LogP contribution in [0.1, 0.15) is 25.0 Å². The minimum absolute atomic E-state index is 0.0466. The minimum Gasteiger partial charge on any atom is -0.494 e. The van der Waals surface area contributed by atoms with Crippen molar-refractivity contribution in [2.45, 2.75) is 20.8 Å². The molecule has 1 N–H and O–H groups in total. The monoisotopic (exact) mass is 434 g/mol. The Morgan fingerprint density at radius 1 is 1.10 bits per heavy atom. The Kier molecular flexibility index (Phi) is 7.17. The maximum absolute atomic E-state index is 12.9. The van der Waals surface area contributed by atoms with Gasteiger partial charge in [-0.25, -0.2) is 0 Å². The van der Waals surface area contributed by atoms with E-state index in [9.17, 15) is 10.1 Å². The van der Waals surface area contributed by atoms with Crippen molar-refractivity contribution in [2.24, 2.45) is 0 Å². The highest BCUT2D eigenvalue weighted by atomic mass is 35.5. The van der Waals surface area contributed by atoms with Crippen molar-refractivity contribution in [3.05, 3.63) is 70.3 Å². The van der Waals surface area contributed by atoms with E-state index in [1.165, 1.54) is 0 Å². The predicted octanol–water partition coefficient (Wildman–Crippen LogP) is 6.14. The molecule has 0 saturated carbocycles. The lowest BCUT2D eigenvalue weighted by atomic mass is 10.0. The molecule has 0 bridgehead atoms. The van der Waals surface area contributed by atoms with Crippen LogP contribution in [0.5, 0.6) is 11.5 Å². The van der Waals surface area contributed by atoms with Crippen molar-refractivity contribution in [1.29, 1.82) is 5.26 Å². The number of nitrogens with one attached hydrogen (secondary N) is 1. The second-order valence-electron chi connectivity index (χ2n) is 6.81. The fraction of sp³-hybridized carbons (Fsp3) is 0.200. The second-order valence-corrected chi connectivity index (χ2v) is 7.25. The summed E-state index contributed by atoms with van der Waals surface area (Å²) >= 11 is 6.05. The van der Waals surface area contributed by atoms with E-state index in [1.54, 1.807) is 24.3 Å². The molecule has 0 saturated heterocycles. The summed E-state index contributed by atoms with van der Waals surface area (Å²) < 4.78 is 11.4. The van der Waals surface area contributed by atoms with Crippen LogP contribution in [-0.2, 0) is 4.79 Å². The molecule has 31 heavy (non-hydrogen) atoms. The normalized spacial score (nSPS) is 11.1. The van der Waals surface area contributed by atoms with Crippen molar-refractivity contribution in [2.75, 3.05) is 18.5 Å². The Morgan fingerprint density at radius 2 is 1.84 bits per heavy atom. The minimum atomic E-state index is -0.520. The molecule has 0 unspecified atom stereocenters. The third-order valence-electron chi connectivity index (χ3n) is 4.71. The molecule has 0 aliphatic rings. The maximum Gasteiger partial charge on any atom is 0.266 e. The number of nitriles is 1. The van der Waals surface area contributed by atoms with E-state index in [0.717, 1.165) is 16.3 Å². The molecule has 0 aliphatic heterocycles. The summed E-state index contributed by atoms with van der Waals surface area (Å²) in [5, 5.41) is 14.8. The van der Waals surface area contributed by atoms with Gasteiger partial charge in [-0.3, -0.25) is 4.79 Å². The number of hydrogen-bond donors (Lipinski definition) is 1. The number of amides is 1. The van der Waals surface area contributed by atoms with Crippen molar-refractivity contribution < 1.29 is 14.3 Å². The highest BCUT2D eigenvalue weighted by Gasteiger charge is 2.15. The molecule has 0 aliphatic carbocycles. The first-order valence-electron chi connectivity index (χ1n) is 9.98. The molecule has 0 heterocycles. The lowest BCUT2D eigenvalue weighted by Crippen LogP contribution is -2.14. The van der Waals surface area contributed by atoms with E-state index >= 15 is 0 Å². The van der Waals surface area contributed by atoms with Crippen LogP contribution < -0.4 is 14.8 Å². The number of ether oxygens (including phenoxy) is 2. The molecule has 3 aromatic carbocycles. The maximum atomic E-state index is 12.9. The first-order chi connectivity index (χ1) is 15.0. The van der Waals surface area contributed by atoms with E-state index < -0.39 is 5.91 Å². The van der Waals surface area contributed by atoms with E-state index in [1.807, 2.05) is 57.2 Å². The number of benzene rings is 3. The van der Waals surface area contributed by atoms with E-state index in [-0.39, 0.29) is 5.57 Å². The average molecular weight is 435 g/mol. The van der Waals surface area contributed by atoms with Crippen LogP contribution >= 0.6 is 11.6 Å². The number of fused-ring (bicyclic) bond motifs is 1. The number of hydrogen-bond acceptors (Lipinski definition) is 4. The number of carbonyl (C=O) groups is 1. The molecule has 0 spiro atoms. The standard InChI is InChI=1S/C25H23ClN2O3/c1-4-30-20-10-7-17-8-11-24(31-5-2)22(21(17)14-20)12-18(15-27)25(29)28-23-13-19(26)9-6-16(23)3/h6-14H,4-5H2,1-3H3,(H,28,29)/b18-12-. The third-order valence-corrected chi connectivity index (χ3v) is 4.94. The van der Waals surface area contributed by atoms with Crippen LogP contribution in [0.15, 0.2) is 54.1 Å². The largest absolute Gasteiger partial charge is 0.494 e. The Labute approximate surface area is 186 Å². The Bertz CT molecular complexity index is 1190. The van der Waals surface area contributed by atoms with Gasteiger partial charge in [-0.1, -0.05) is 29.8 Å². The van der Waals surface area contributed by atoms with E-state index in [4.69, 9.17) is 21.1 Å². The Hall–Kier alpha value is -3.49. The van der Waals surface area contributed by atoms with Crippen LogP contribution in [0, 0.1) is 18.3 Å². The lowest BCUT2D eigenvalue weighted by Gasteiger charge is -2.13. The van der Waals surface area contributed by atoms with Crippen LogP contribution in [0.4, 0.5) is 5.69 Å². The highest BCUT2D eigenvalue weighted by Crippen LogP contribution is 2.33. The van der Waals surface area contributed by atoms with Gasteiger partial charge in [0.25, 0.3) is 5.91 Å². The first-order valence-corrected chi connectivity index (χ1v) is 10.4. The van der Waals surface area contributed by atoms with Crippen LogP contribution in [0.25, 0.3) is 16.8 Å². The summed E-state index contributed by atoms with van der Waals surface area (Å²) in [5.41, 5.74) is 2.00. The van der Waals surface area contributed by atoms with Gasteiger partial charge in [0, 0.05) is 16.3 Å². The zero-order valence-corrected chi connectivity index (χ0v) is 18.4. The number of halogens is 1. The number of rotatable bonds is 7. The summed E-state index contributed by atoms with van der Waals surface area (Å²) in [6.07, 6.45) is 1.55. The molecular formula is C25H23ClN2O3. The predicted molar refractivity (Wildman–Crippen MR) is 125 cm³/mol. The molecule has 0 fully saturated rings. The van der Waals surface area contributed by atoms with Gasteiger partial charge in [0.15, 0.2) is 0 Å². The SMILES string of the molecule is CCOc1ccc2ccc(OCC)c(/C=C(/C#N)C(=O)Nc3cc(Cl)ccc3C)c2c1. The molecule has 3 aromatic rings. The third kappa shape index (κ3) is 5.17. The molecule has 5 nitrogen and oxygen atoms in total. The number of aryl methyl sites for hydroxylation is 1. The summed E-state index contributed by atoms with van der Waals surface area (Å²) in [4.78, 5) is 12.9. The average Bonchev–Trinajstić information content (AvgIpc) is 2.75. The smallest absolute Gasteiger partial charge is 0.266 e. The Morgan fingerprint density at radius 3 is 2.55 bits per heavy atom. The number of nitrogens with zero attached hydrogens (tertiary/aromatic N) is 1. The van der Waals surface area contributed by atoms with Crippen LogP contribution in [0.3, 0.4) is 0 Å². The van der Waals surface area contributed by atoms with Gasteiger partial charge in [0.05, 0.1) is 13.2 Å². The first kappa shape index (κ1) is 22.2. The molecule has 158 valence electrons. The van der Waals surface area contributed by atoms with Gasteiger partial charge < -0.3 is 14.8 Å². The quantitative estimate of drug-likeness (QED) is 0.358. The van der Waals surface area contributed by atoms with E-state index in [2.05, 4.69) is 5.32 Å². The topological polar surface area (TPSA) is 71.3 Å². The number of anilines is 1. The zero-order valence-electron chi connectivity index (χ0n) is 17.7. The van der Waals surface area contributed by atoms with Crippen molar-refractivity contribution in [3.8, 4) is 17.6 Å². The molecule has 6 heteroatoms. The van der Waals surface area contributed by atoms with Crippen LogP contribution in [0.2, 0.25) is 5.02 Å². The Balaban J connectivity index is 2.09. The van der Waals surface area contributed by atoms with Gasteiger partial charge in [-0.2, -0.15) is 5.26 Å². The molecule has 0 radical (unpaired) electrons. The molecule has 1 amide bonds. The van der Waals surface area contributed by atoms with Gasteiger partial charge in [0.1, 0.15) is 23.1 Å². The lowest BCUT2D eigenvalue weighted by molar-refractivity contribution is -0.112. The fourth-order valence-electron chi connectivity index (χ4n) is 3.20.